The van der Waals surface area contributed by atoms with Crippen LogP contribution in [0.25, 0.3) is 0 Å². The summed E-state index contributed by atoms with van der Waals surface area (Å²) in [6, 6.07) is 11.6. The molecule has 1 aliphatic rings. The highest BCUT2D eigenvalue weighted by atomic mass is 31.1. The lowest BCUT2D eigenvalue weighted by Gasteiger charge is -2.09. The van der Waals surface area contributed by atoms with Crippen molar-refractivity contribution in [3.8, 4) is 0 Å². The van der Waals surface area contributed by atoms with Crippen LogP contribution in [-0.4, -0.2) is 18.7 Å². The molecule has 0 bridgehead atoms. The molecule has 13 heavy (non-hydrogen) atoms. The SMILES string of the molecule is c1ccc(PCC2CCCN2)cc1. The van der Waals surface area contributed by atoms with Gasteiger partial charge in [-0.3, -0.25) is 0 Å². The molecule has 2 rings (SSSR count). The zero-order chi connectivity index (χ0) is 8.93. The molecule has 1 fully saturated rings. The fraction of sp³-hybridized carbons (Fsp3) is 0.455. The van der Waals surface area contributed by atoms with E-state index in [9.17, 15) is 0 Å². The summed E-state index contributed by atoms with van der Waals surface area (Å²) in [4.78, 5) is 0. The Morgan fingerprint density at radius 3 is 2.85 bits per heavy atom. The van der Waals surface area contributed by atoms with E-state index < -0.39 is 0 Å². The van der Waals surface area contributed by atoms with Gasteiger partial charge in [-0.15, -0.1) is 0 Å². The molecule has 0 aromatic heterocycles. The van der Waals surface area contributed by atoms with E-state index >= 15 is 0 Å². The van der Waals surface area contributed by atoms with Crippen LogP contribution in [0.2, 0.25) is 0 Å². The summed E-state index contributed by atoms with van der Waals surface area (Å²) in [5, 5.41) is 5.03. The van der Waals surface area contributed by atoms with E-state index in [-0.39, 0.29) is 0 Å². The fourth-order valence-corrected chi connectivity index (χ4v) is 2.99. The van der Waals surface area contributed by atoms with Gasteiger partial charge in [0.1, 0.15) is 0 Å². The third-order valence-corrected chi connectivity index (χ3v) is 3.93. The minimum atomic E-state index is 0.790. The average Bonchev–Trinajstić information content (AvgIpc) is 2.69. The van der Waals surface area contributed by atoms with Crippen LogP contribution in [0.3, 0.4) is 0 Å². The maximum atomic E-state index is 3.53. The molecule has 0 amide bonds. The number of hydrogen-bond acceptors (Lipinski definition) is 1. The third-order valence-electron chi connectivity index (χ3n) is 2.49. The maximum absolute atomic E-state index is 3.53. The van der Waals surface area contributed by atoms with Gasteiger partial charge in [0.2, 0.25) is 0 Å². The summed E-state index contributed by atoms with van der Waals surface area (Å²) in [5.41, 5.74) is 0. The van der Waals surface area contributed by atoms with Crippen molar-refractivity contribution >= 4 is 13.9 Å². The molecule has 0 aliphatic carbocycles. The lowest BCUT2D eigenvalue weighted by molar-refractivity contribution is 0.673. The van der Waals surface area contributed by atoms with Gasteiger partial charge >= 0.3 is 0 Å². The number of rotatable bonds is 3. The minimum Gasteiger partial charge on any atom is -0.314 e. The molecule has 1 N–H and O–H groups in total. The van der Waals surface area contributed by atoms with Crippen LogP contribution in [0.5, 0.6) is 0 Å². The molecule has 0 spiro atoms. The zero-order valence-corrected chi connectivity index (χ0v) is 8.79. The zero-order valence-electron chi connectivity index (χ0n) is 7.79. The highest BCUT2D eigenvalue weighted by molar-refractivity contribution is 7.47. The van der Waals surface area contributed by atoms with E-state index in [4.69, 9.17) is 0 Å². The predicted octanol–water partition coefficient (Wildman–Crippen LogP) is 1.74. The van der Waals surface area contributed by atoms with Gasteiger partial charge < -0.3 is 5.32 Å². The summed E-state index contributed by atoms with van der Waals surface area (Å²) in [7, 11) is 0.976. The van der Waals surface area contributed by atoms with Gasteiger partial charge in [-0.1, -0.05) is 38.9 Å². The Bertz CT molecular complexity index is 242. The average molecular weight is 193 g/mol. The lowest BCUT2D eigenvalue weighted by atomic mass is 10.3. The van der Waals surface area contributed by atoms with Crippen molar-refractivity contribution < 1.29 is 0 Å². The van der Waals surface area contributed by atoms with E-state index in [1.54, 1.807) is 0 Å². The Balaban J connectivity index is 1.79. The van der Waals surface area contributed by atoms with E-state index in [1.165, 1.54) is 30.9 Å². The van der Waals surface area contributed by atoms with E-state index in [0.29, 0.717) is 0 Å². The summed E-state index contributed by atoms with van der Waals surface area (Å²) in [6.45, 7) is 1.23. The molecule has 1 saturated heterocycles. The van der Waals surface area contributed by atoms with E-state index in [2.05, 4.69) is 35.6 Å². The standard InChI is InChI=1S/C11H16NP/c1-2-6-11(7-3-1)13-9-10-5-4-8-12-10/h1-3,6-7,10,12-13H,4-5,8-9H2. The van der Waals surface area contributed by atoms with Crippen molar-refractivity contribution in [2.24, 2.45) is 0 Å². The largest absolute Gasteiger partial charge is 0.314 e. The van der Waals surface area contributed by atoms with Crippen LogP contribution in [0.4, 0.5) is 0 Å². The molecule has 1 aromatic carbocycles. The molecule has 1 nitrogen and oxygen atoms in total. The first-order valence-electron chi connectivity index (χ1n) is 4.97. The molecule has 2 heteroatoms. The summed E-state index contributed by atoms with van der Waals surface area (Å²) < 4.78 is 0. The van der Waals surface area contributed by atoms with Gasteiger partial charge in [0, 0.05) is 6.04 Å². The van der Waals surface area contributed by atoms with Gasteiger partial charge in [-0.25, -0.2) is 0 Å². The van der Waals surface area contributed by atoms with E-state index in [0.717, 1.165) is 14.6 Å². The first kappa shape index (κ1) is 9.18. The molecular weight excluding hydrogens is 177 g/mol. The van der Waals surface area contributed by atoms with Crippen LogP contribution in [0.1, 0.15) is 12.8 Å². The van der Waals surface area contributed by atoms with Gasteiger partial charge in [0.25, 0.3) is 0 Å². The Labute approximate surface area is 81.7 Å². The van der Waals surface area contributed by atoms with Crippen molar-refractivity contribution in [3.05, 3.63) is 30.3 Å². The molecule has 1 aliphatic heterocycles. The van der Waals surface area contributed by atoms with Crippen LogP contribution >= 0.6 is 8.58 Å². The van der Waals surface area contributed by atoms with E-state index in [1.807, 2.05) is 0 Å². The summed E-state index contributed by atoms with van der Waals surface area (Å²) in [6.07, 6.45) is 4.06. The van der Waals surface area contributed by atoms with Crippen LogP contribution in [-0.2, 0) is 0 Å². The monoisotopic (exact) mass is 193 g/mol. The van der Waals surface area contributed by atoms with Crippen LogP contribution in [0, 0.1) is 0 Å². The third kappa shape index (κ3) is 2.79. The minimum absolute atomic E-state index is 0.790. The quantitative estimate of drug-likeness (QED) is 0.721. The second-order valence-corrected chi connectivity index (χ2v) is 4.88. The predicted molar refractivity (Wildman–Crippen MR) is 60.3 cm³/mol. The normalized spacial score (nSPS) is 22.9. The first-order chi connectivity index (χ1) is 6.45. The van der Waals surface area contributed by atoms with Crippen LogP contribution in [0.15, 0.2) is 30.3 Å². The summed E-state index contributed by atoms with van der Waals surface area (Å²) >= 11 is 0. The fourth-order valence-electron chi connectivity index (χ4n) is 1.73. The topological polar surface area (TPSA) is 12.0 Å². The Morgan fingerprint density at radius 2 is 2.15 bits per heavy atom. The summed E-state index contributed by atoms with van der Waals surface area (Å²) in [5.74, 6) is 0. The molecule has 2 atom stereocenters. The second-order valence-electron chi connectivity index (χ2n) is 3.54. The van der Waals surface area contributed by atoms with Crippen LogP contribution < -0.4 is 10.6 Å². The highest BCUT2D eigenvalue weighted by Crippen LogP contribution is 2.16. The maximum Gasteiger partial charge on any atom is 0.0107 e. The van der Waals surface area contributed by atoms with Gasteiger partial charge in [-0.05, 0) is 30.9 Å². The Morgan fingerprint density at radius 1 is 1.31 bits per heavy atom. The Kier molecular flexibility index (Phi) is 3.34. The Hall–Kier alpha value is -0.390. The smallest absolute Gasteiger partial charge is 0.0107 e. The molecule has 1 heterocycles. The molecule has 1 aromatic rings. The van der Waals surface area contributed by atoms with Gasteiger partial charge in [-0.2, -0.15) is 0 Å². The van der Waals surface area contributed by atoms with Gasteiger partial charge in [0.05, 0.1) is 0 Å². The molecule has 2 unspecified atom stereocenters. The number of hydrogen-bond donors (Lipinski definition) is 1. The van der Waals surface area contributed by atoms with Crippen molar-refractivity contribution in [1.29, 1.82) is 0 Å². The van der Waals surface area contributed by atoms with Crippen molar-refractivity contribution in [3.63, 3.8) is 0 Å². The first-order valence-corrected chi connectivity index (χ1v) is 6.18. The number of nitrogens with one attached hydrogen (secondary N) is 1. The second kappa shape index (κ2) is 4.74. The molecule has 0 radical (unpaired) electrons. The van der Waals surface area contributed by atoms with Crippen molar-refractivity contribution in [2.45, 2.75) is 18.9 Å². The van der Waals surface area contributed by atoms with Crippen molar-refractivity contribution in [1.82, 2.24) is 5.32 Å². The van der Waals surface area contributed by atoms with Crippen molar-refractivity contribution in [2.75, 3.05) is 12.7 Å². The molecule has 70 valence electrons. The molecular formula is C11H16NP. The van der Waals surface area contributed by atoms with Gasteiger partial charge in [0.15, 0.2) is 0 Å². The number of benzene rings is 1. The highest BCUT2D eigenvalue weighted by Gasteiger charge is 2.12. The molecule has 0 saturated carbocycles. The lowest BCUT2D eigenvalue weighted by Crippen LogP contribution is -2.23.